The first-order chi connectivity index (χ1) is 5.76. The highest BCUT2D eigenvalue weighted by Gasteiger charge is 2.47. The summed E-state index contributed by atoms with van der Waals surface area (Å²) in [7, 11) is 0. The first-order valence-corrected chi connectivity index (χ1v) is 5.79. The highest BCUT2D eigenvalue weighted by atomic mass is 32.2. The fourth-order valence-corrected chi connectivity index (χ4v) is 3.77. The molecule has 2 aliphatic heterocycles. The number of thioether (sulfide) groups is 1. The maximum atomic E-state index is 5.97. The highest BCUT2D eigenvalue weighted by Crippen LogP contribution is 2.41. The van der Waals surface area contributed by atoms with E-state index in [-0.39, 0.29) is 5.60 Å². The molecule has 0 aromatic heterocycles. The summed E-state index contributed by atoms with van der Waals surface area (Å²) in [5, 5.41) is 4.16. The van der Waals surface area contributed by atoms with E-state index < -0.39 is 0 Å². The lowest BCUT2D eigenvalue weighted by Gasteiger charge is -2.42. The number of nitrogens with one attached hydrogen (secondary N) is 1. The number of morpholine rings is 1. The summed E-state index contributed by atoms with van der Waals surface area (Å²) in [4.78, 5) is 0. The third-order valence-corrected chi connectivity index (χ3v) is 4.54. The number of hydrogen-bond donors (Lipinski definition) is 1. The van der Waals surface area contributed by atoms with E-state index in [1.807, 2.05) is 11.8 Å². The van der Waals surface area contributed by atoms with Gasteiger partial charge in [-0.3, -0.25) is 0 Å². The zero-order valence-electron chi connectivity index (χ0n) is 7.80. The summed E-state index contributed by atoms with van der Waals surface area (Å²) in [6.07, 6.45) is 1.22. The molecular weight excluding hydrogens is 170 g/mol. The smallest absolute Gasteiger partial charge is 0.0955 e. The summed E-state index contributed by atoms with van der Waals surface area (Å²) in [6, 6.07) is 0.524. The Bertz CT molecular complexity index is 176. The molecule has 0 radical (unpaired) electrons. The minimum Gasteiger partial charge on any atom is -0.371 e. The van der Waals surface area contributed by atoms with Gasteiger partial charge in [-0.25, -0.2) is 0 Å². The monoisotopic (exact) mass is 187 g/mol. The molecule has 70 valence electrons. The molecule has 12 heavy (non-hydrogen) atoms. The lowest BCUT2D eigenvalue weighted by molar-refractivity contribution is -0.0878. The summed E-state index contributed by atoms with van der Waals surface area (Å²) in [6.45, 7) is 6.44. The van der Waals surface area contributed by atoms with Crippen LogP contribution in [0.15, 0.2) is 0 Å². The Morgan fingerprint density at radius 2 is 2.33 bits per heavy atom. The van der Waals surface area contributed by atoms with Crippen molar-refractivity contribution < 1.29 is 4.74 Å². The molecule has 0 bridgehead atoms. The van der Waals surface area contributed by atoms with E-state index in [0.29, 0.717) is 11.3 Å². The van der Waals surface area contributed by atoms with Crippen molar-refractivity contribution in [2.45, 2.75) is 37.2 Å². The quantitative estimate of drug-likeness (QED) is 0.617. The Balaban J connectivity index is 2.15. The fourth-order valence-electron chi connectivity index (χ4n) is 2.31. The van der Waals surface area contributed by atoms with Gasteiger partial charge >= 0.3 is 0 Å². The third kappa shape index (κ3) is 1.19. The second-order valence-electron chi connectivity index (χ2n) is 3.74. The topological polar surface area (TPSA) is 21.3 Å². The Morgan fingerprint density at radius 1 is 1.50 bits per heavy atom. The van der Waals surface area contributed by atoms with Gasteiger partial charge in [-0.05, 0) is 19.1 Å². The van der Waals surface area contributed by atoms with Crippen molar-refractivity contribution in [1.82, 2.24) is 5.32 Å². The van der Waals surface area contributed by atoms with Gasteiger partial charge in [-0.15, -0.1) is 0 Å². The van der Waals surface area contributed by atoms with Crippen molar-refractivity contribution in [3.8, 4) is 0 Å². The number of ether oxygens (including phenoxy) is 1. The van der Waals surface area contributed by atoms with Gasteiger partial charge in [0, 0.05) is 17.8 Å². The molecule has 1 N–H and O–H groups in total. The van der Waals surface area contributed by atoms with Gasteiger partial charge in [0.05, 0.1) is 12.2 Å². The molecule has 3 unspecified atom stereocenters. The summed E-state index contributed by atoms with van der Waals surface area (Å²) < 4.78 is 5.97. The molecule has 2 nitrogen and oxygen atoms in total. The van der Waals surface area contributed by atoms with Crippen molar-refractivity contribution in [1.29, 1.82) is 0 Å². The van der Waals surface area contributed by atoms with Crippen molar-refractivity contribution in [3.63, 3.8) is 0 Å². The van der Waals surface area contributed by atoms with Crippen molar-refractivity contribution in [3.05, 3.63) is 0 Å². The minimum absolute atomic E-state index is 0.142. The lowest BCUT2D eigenvalue weighted by Crippen LogP contribution is -2.59. The first kappa shape index (κ1) is 8.85. The maximum Gasteiger partial charge on any atom is 0.0955 e. The molecule has 0 amide bonds. The predicted octanol–water partition coefficient (Wildman–Crippen LogP) is 1.26. The second-order valence-corrected chi connectivity index (χ2v) is 5.19. The summed E-state index contributed by atoms with van der Waals surface area (Å²) in [5.41, 5.74) is 0.142. The zero-order chi connectivity index (χ0) is 8.60. The maximum absolute atomic E-state index is 5.97. The Morgan fingerprint density at radius 3 is 2.92 bits per heavy atom. The molecule has 0 aromatic carbocycles. The molecule has 2 aliphatic rings. The number of hydrogen-bond acceptors (Lipinski definition) is 3. The zero-order valence-corrected chi connectivity index (χ0v) is 8.62. The first-order valence-electron chi connectivity index (χ1n) is 4.75. The van der Waals surface area contributed by atoms with E-state index in [9.17, 15) is 0 Å². The standard InChI is InChI=1S/C9H17NOS/c1-7-9(11-5-4-10-7)3-6-12-8(9)2/h7-8,10H,3-6H2,1-2H3. The molecule has 0 aliphatic carbocycles. The van der Waals surface area contributed by atoms with Gasteiger partial charge in [0.25, 0.3) is 0 Å². The van der Waals surface area contributed by atoms with Crippen LogP contribution in [0.4, 0.5) is 0 Å². The van der Waals surface area contributed by atoms with Crippen LogP contribution in [0, 0.1) is 0 Å². The number of rotatable bonds is 0. The van der Waals surface area contributed by atoms with Gasteiger partial charge < -0.3 is 10.1 Å². The molecule has 2 saturated heterocycles. The molecule has 2 rings (SSSR count). The van der Waals surface area contributed by atoms with E-state index >= 15 is 0 Å². The van der Waals surface area contributed by atoms with Crippen LogP contribution in [0.5, 0.6) is 0 Å². The summed E-state index contributed by atoms with van der Waals surface area (Å²) in [5.74, 6) is 1.26. The van der Waals surface area contributed by atoms with Crippen LogP contribution < -0.4 is 5.32 Å². The molecule has 0 aromatic rings. The van der Waals surface area contributed by atoms with Crippen LogP contribution in [0.3, 0.4) is 0 Å². The molecule has 2 fully saturated rings. The lowest BCUT2D eigenvalue weighted by atomic mass is 9.88. The van der Waals surface area contributed by atoms with Crippen LogP contribution in [-0.2, 0) is 4.74 Å². The Hall–Kier alpha value is 0.270. The van der Waals surface area contributed by atoms with Gasteiger partial charge in [-0.2, -0.15) is 11.8 Å². The molecule has 2 heterocycles. The molecule has 3 heteroatoms. The molecular formula is C9H17NOS. The predicted molar refractivity (Wildman–Crippen MR) is 52.7 cm³/mol. The molecule has 0 saturated carbocycles. The Labute approximate surface area is 78.4 Å². The average molecular weight is 187 g/mol. The van der Waals surface area contributed by atoms with Crippen LogP contribution in [0.2, 0.25) is 0 Å². The fraction of sp³-hybridized carbons (Fsp3) is 1.00. The van der Waals surface area contributed by atoms with E-state index in [0.717, 1.165) is 13.2 Å². The second kappa shape index (κ2) is 3.20. The minimum atomic E-state index is 0.142. The SMILES string of the molecule is CC1NCCOC12CCSC2C. The normalized spacial score (nSPS) is 48.5. The highest BCUT2D eigenvalue weighted by molar-refractivity contribution is 8.00. The van der Waals surface area contributed by atoms with Crippen LogP contribution in [-0.4, -0.2) is 35.8 Å². The van der Waals surface area contributed by atoms with Gasteiger partial charge in [0.2, 0.25) is 0 Å². The third-order valence-electron chi connectivity index (χ3n) is 3.21. The van der Waals surface area contributed by atoms with E-state index in [1.165, 1.54) is 12.2 Å². The Kier molecular flexibility index (Phi) is 2.36. The van der Waals surface area contributed by atoms with E-state index in [2.05, 4.69) is 19.2 Å². The van der Waals surface area contributed by atoms with Crippen LogP contribution >= 0.6 is 11.8 Å². The summed E-state index contributed by atoms with van der Waals surface area (Å²) >= 11 is 2.04. The molecule has 3 atom stereocenters. The van der Waals surface area contributed by atoms with Gasteiger partial charge in [0.15, 0.2) is 0 Å². The molecule has 1 spiro atoms. The van der Waals surface area contributed by atoms with E-state index in [1.54, 1.807) is 0 Å². The largest absolute Gasteiger partial charge is 0.371 e. The van der Waals surface area contributed by atoms with E-state index in [4.69, 9.17) is 4.74 Å². The van der Waals surface area contributed by atoms with Crippen molar-refractivity contribution in [2.75, 3.05) is 18.9 Å². The van der Waals surface area contributed by atoms with Crippen LogP contribution in [0.25, 0.3) is 0 Å². The average Bonchev–Trinajstić information content (AvgIpc) is 2.41. The van der Waals surface area contributed by atoms with Gasteiger partial charge in [-0.1, -0.05) is 6.92 Å². The van der Waals surface area contributed by atoms with Gasteiger partial charge in [0.1, 0.15) is 0 Å². The van der Waals surface area contributed by atoms with Crippen LogP contribution in [0.1, 0.15) is 20.3 Å². The van der Waals surface area contributed by atoms with Crippen molar-refractivity contribution >= 4 is 11.8 Å². The van der Waals surface area contributed by atoms with Crippen molar-refractivity contribution in [2.24, 2.45) is 0 Å².